The van der Waals surface area contributed by atoms with Gasteiger partial charge in [-0.3, -0.25) is 9.36 Å². The van der Waals surface area contributed by atoms with Gasteiger partial charge in [-0.2, -0.15) is 0 Å². The Morgan fingerprint density at radius 1 is 0.979 bits per heavy atom. The van der Waals surface area contributed by atoms with Gasteiger partial charge in [-0.25, -0.2) is 4.79 Å². The molecule has 0 aliphatic carbocycles. The standard InChI is InChI=1S/C35H59O9PSi2/c1-12-43-45(38,44-13-2)21-15-14-16-28(34(36)41-20-23-47(9,10)11)24-26(3)17-18-29-32(39-5)27(4)30-25-42-35(37)31(30)33(29)40-19-22-46(6,7)8/h14-15,17,28H,12-13,16,18-25H2,1-11H3. The first-order chi connectivity index (χ1) is 21.9. The van der Waals surface area contributed by atoms with Crippen molar-refractivity contribution >= 4 is 35.7 Å². The van der Waals surface area contributed by atoms with E-state index in [4.69, 9.17) is 28.0 Å². The number of fused-ring (bicyclic) bond motifs is 1. The maximum Gasteiger partial charge on any atom is 0.342 e. The number of methoxy groups -OCH3 is 1. The summed E-state index contributed by atoms with van der Waals surface area (Å²) in [7, 11) is -4.35. The fraction of sp³-hybridized carbons (Fsp3) is 0.657. The number of ether oxygens (including phenoxy) is 4. The average Bonchev–Trinajstić information content (AvgIpc) is 3.35. The van der Waals surface area contributed by atoms with Crippen LogP contribution >= 0.6 is 7.60 Å². The highest BCUT2D eigenvalue weighted by atomic mass is 31.2. The highest BCUT2D eigenvalue weighted by Crippen LogP contribution is 2.48. The summed E-state index contributed by atoms with van der Waals surface area (Å²) in [4.78, 5) is 26.2. The van der Waals surface area contributed by atoms with Crippen LogP contribution in [0.1, 0.15) is 60.7 Å². The van der Waals surface area contributed by atoms with Crippen LogP contribution in [0.15, 0.2) is 23.8 Å². The van der Waals surface area contributed by atoms with E-state index < -0.39 is 29.7 Å². The van der Waals surface area contributed by atoms with Crippen LogP contribution in [0, 0.1) is 12.8 Å². The molecule has 1 unspecified atom stereocenters. The van der Waals surface area contributed by atoms with Crippen LogP contribution in [0.5, 0.6) is 11.5 Å². The lowest BCUT2D eigenvalue weighted by molar-refractivity contribution is -0.147. The summed E-state index contributed by atoms with van der Waals surface area (Å²) in [5, 5.41) is 0. The van der Waals surface area contributed by atoms with Crippen molar-refractivity contribution in [3.63, 3.8) is 0 Å². The second kappa shape index (κ2) is 18.5. The third kappa shape index (κ3) is 13.3. The number of carbonyl (C=O) groups excluding carboxylic acids is 2. The Hall–Kier alpha value is -2.18. The molecule has 1 aliphatic heterocycles. The normalized spacial score (nSPS) is 14.7. The highest BCUT2D eigenvalue weighted by molar-refractivity contribution is 7.54. The van der Waals surface area contributed by atoms with Crippen LogP contribution in [0.4, 0.5) is 0 Å². The molecule has 0 aromatic heterocycles. The van der Waals surface area contributed by atoms with Crippen LogP contribution in [-0.2, 0) is 40.9 Å². The quantitative estimate of drug-likeness (QED) is 0.0535. The zero-order valence-corrected chi connectivity index (χ0v) is 33.6. The first kappa shape index (κ1) is 41.0. The summed E-state index contributed by atoms with van der Waals surface area (Å²) in [5.74, 6) is 0.177. The summed E-state index contributed by atoms with van der Waals surface area (Å²) in [6, 6.07) is 1.84. The lowest BCUT2D eigenvalue weighted by atomic mass is 9.93. The number of benzene rings is 1. The van der Waals surface area contributed by atoms with Gasteiger partial charge < -0.3 is 28.0 Å². The van der Waals surface area contributed by atoms with E-state index in [0.29, 0.717) is 62.8 Å². The molecule has 9 nitrogen and oxygen atoms in total. The van der Waals surface area contributed by atoms with Crippen molar-refractivity contribution in [2.24, 2.45) is 5.92 Å². The van der Waals surface area contributed by atoms with E-state index in [0.717, 1.165) is 34.4 Å². The largest absolute Gasteiger partial charge is 0.496 e. The van der Waals surface area contributed by atoms with Crippen LogP contribution < -0.4 is 9.47 Å². The summed E-state index contributed by atoms with van der Waals surface area (Å²) in [6.07, 6.45) is 7.21. The molecule has 1 aromatic rings. The van der Waals surface area contributed by atoms with E-state index in [-0.39, 0.29) is 24.7 Å². The van der Waals surface area contributed by atoms with Crippen molar-refractivity contribution in [3.05, 3.63) is 46.1 Å². The fourth-order valence-electron chi connectivity index (χ4n) is 5.22. The molecular weight excluding hydrogens is 652 g/mol. The van der Waals surface area contributed by atoms with Gasteiger partial charge in [0.2, 0.25) is 0 Å². The molecule has 0 bridgehead atoms. The first-order valence-electron chi connectivity index (χ1n) is 16.8. The van der Waals surface area contributed by atoms with Crippen LogP contribution in [0.2, 0.25) is 51.4 Å². The minimum absolute atomic E-state index is 0.140. The van der Waals surface area contributed by atoms with Crippen molar-refractivity contribution in [3.8, 4) is 11.5 Å². The van der Waals surface area contributed by atoms with Crippen LogP contribution in [0.3, 0.4) is 0 Å². The lowest BCUT2D eigenvalue weighted by Crippen LogP contribution is -2.25. The van der Waals surface area contributed by atoms with Crippen molar-refractivity contribution in [1.82, 2.24) is 0 Å². The van der Waals surface area contributed by atoms with Crippen molar-refractivity contribution < 1.29 is 42.1 Å². The fourth-order valence-corrected chi connectivity index (χ4v) is 8.12. The van der Waals surface area contributed by atoms with E-state index in [1.807, 2.05) is 19.9 Å². The Bertz CT molecular complexity index is 1320. The van der Waals surface area contributed by atoms with Crippen LogP contribution in [0.25, 0.3) is 0 Å². The molecular formula is C35H59O9PSi2. The van der Waals surface area contributed by atoms with Gasteiger partial charge >= 0.3 is 19.5 Å². The lowest BCUT2D eigenvalue weighted by Gasteiger charge is -2.22. The van der Waals surface area contributed by atoms with E-state index in [9.17, 15) is 14.2 Å². The third-order valence-corrected chi connectivity index (χ3v) is 13.3. The van der Waals surface area contributed by atoms with Gasteiger partial charge in [0, 0.05) is 27.3 Å². The molecule has 0 N–H and O–H groups in total. The molecule has 0 amide bonds. The SMILES string of the molecule is CCOP(=O)(CC=CCC(CC(C)=CCc1c(OC)c(C)c2c(c1OCC[Si](C)(C)C)C(=O)OC2)C(=O)OCC[Si](C)(C)C)OCC. The molecule has 1 aromatic carbocycles. The predicted molar refractivity (Wildman–Crippen MR) is 195 cm³/mol. The van der Waals surface area contributed by atoms with Gasteiger partial charge in [0.15, 0.2) is 0 Å². The smallest absolute Gasteiger partial charge is 0.342 e. The monoisotopic (exact) mass is 710 g/mol. The number of esters is 2. The Kier molecular flexibility index (Phi) is 16.2. The molecule has 0 spiro atoms. The number of allylic oxidation sites excluding steroid dienone is 4. The third-order valence-electron chi connectivity index (χ3n) is 7.95. The molecule has 2 rings (SSSR count). The highest BCUT2D eigenvalue weighted by Gasteiger charge is 2.33. The molecule has 1 atom stereocenters. The maximum absolute atomic E-state index is 13.3. The Morgan fingerprint density at radius 2 is 1.60 bits per heavy atom. The Morgan fingerprint density at radius 3 is 2.17 bits per heavy atom. The van der Waals surface area contributed by atoms with Gasteiger partial charge in [0.05, 0.1) is 45.6 Å². The minimum atomic E-state index is -3.22. The number of rotatable bonds is 21. The summed E-state index contributed by atoms with van der Waals surface area (Å²) in [6.45, 7) is 22.8. The predicted octanol–water partition coefficient (Wildman–Crippen LogP) is 8.98. The van der Waals surface area contributed by atoms with E-state index in [2.05, 4.69) is 45.4 Å². The number of hydrogen-bond acceptors (Lipinski definition) is 9. The molecule has 1 aliphatic rings. The maximum atomic E-state index is 13.3. The van der Waals surface area contributed by atoms with Gasteiger partial charge in [0.1, 0.15) is 23.7 Å². The van der Waals surface area contributed by atoms with E-state index >= 15 is 0 Å². The van der Waals surface area contributed by atoms with E-state index in [1.165, 1.54) is 0 Å². The molecule has 12 heteroatoms. The Balaban J connectivity index is 2.35. The van der Waals surface area contributed by atoms with Crippen molar-refractivity contribution in [1.29, 1.82) is 0 Å². The zero-order chi connectivity index (χ0) is 35.4. The van der Waals surface area contributed by atoms with Gasteiger partial charge in [0.25, 0.3) is 0 Å². The number of hydrogen-bond donors (Lipinski definition) is 0. The summed E-state index contributed by atoms with van der Waals surface area (Å²) < 4.78 is 47.1. The molecule has 0 saturated carbocycles. The molecule has 1 heterocycles. The number of cyclic esters (lactones) is 1. The topological polar surface area (TPSA) is 107 Å². The molecule has 0 saturated heterocycles. The van der Waals surface area contributed by atoms with Crippen molar-refractivity contribution in [2.45, 2.75) is 105 Å². The van der Waals surface area contributed by atoms with Crippen LogP contribution in [-0.4, -0.2) is 67.8 Å². The van der Waals surface area contributed by atoms with Gasteiger partial charge in [-0.15, -0.1) is 0 Å². The van der Waals surface area contributed by atoms with E-state index in [1.54, 1.807) is 27.0 Å². The number of carbonyl (C=O) groups is 2. The van der Waals surface area contributed by atoms with Crippen molar-refractivity contribution in [2.75, 3.05) is 39.7 Å². The zero-order valence-electron chi connectivity index (χ0n) is 30.7. The summed E-state index contributed by atoms with van der Waals surface area (Å²) >= 11 is 0. The van der Waals surface area contributed by atoms with Gasteiger partial charge in [-0.1, -0.05) is 63.1 Å². The second-order valence-corrected chi connectivity index (χ2v) is 27.9. The van der Waals surface area contributed by atoms with Gasteiger partial charge in [-0.05, 0) is 64.6 Å². The summed E-state index contributed by atoms with van der Waals surface area (Å²) in [5.41, 5.74) is 3.97. The molecule has 0 fully saturated rings. The molecule has 266 valence electrons. The average molecular weight is 711 g/mol. The first-order valence-corrected chi connectivity index (χ1v) is 26.0. The molecule has 0 radical (unpaired) electrons. The Labute approximate surface area is 285 Å². The second-order valence-electron chi connectivity index (χ2n) is 14.5. The minimum Gasteiger partial charge on any atom is -0.496 e. The molecule has 47 heavy (non-hydrogen) atoms.